The fourth-order valence-corrected chi connectivity index (χ4v) is 5.90. The number of nitro benzene ring substituents is 1. The molecular formula is C27H34N4O7S2. The molecule has 11 nitrogen and oxygen atoms in total. The molecule has 2 atom stereocenters. The number of benzene rings is 2. The molecule has 0 aliphatic carbocycles. The molecule has 2 rings (SSSR count). The van der Waals surface area contributed by atoms with E-state index in [1.807, 2.05) is 44.2 Å². The number of carbonyl (C=O) groups is 4. The summed E-state index contributed by atoms with van der Waals surface area (Å²) >= 11 is 0. The van der Waals surface area contributed by atoms with Crippen LogP contribution in [0.2, 0.25) is 0 Å². The lowest BCUT2D eigenvalue weighted by Crippen LogP contribution is -2.56. The number of hydrogen-bond donors (Lipinski definition) is 2. The van der Waals surface area contributed by atoms with Gasteiger partial charge in [-0.15, -0.1) is 0 Å². The van der Waals surface area contributed by atoms with Crippen LogP contribution in [0.3, 0.4) is 0 Å². The Hall–Kier alpha value is -3.58. The number of hydrogen-bond acceptors (Lipinski definition) is 9. The summed E-state index contributed by atoms with van der Waals surface area (Å²) in [6, 6.07) is 13.4. The van der Waals surface area contributed by atoms with E-state index in [9.17, 15) is 29.3 Å². The van der Waals surface area contributed by atoms with Gasteiger partial charge in [-0.2, -0.15) is 0 Å². The molecule has 216 valence electrons. The second kappa shape index (κ2) is 16.5. The van der Waals surface area contributed by atoms with Gasteiger partial charge in [-0.25, -0.2) is 0 Å². The third-order valence-corrected chi connectivity index (χ3v) is 8.03. The molecule has 0 spiro atoms. The molecule has 0 aliphatic rings. The minimum Gasteiger partial charge on any atom is -0.468 e. The monoisotopic (exact) mass is 590 g/mol. The smallest absolute Gasteiger partial charge is 0.325 e. The number of esters is 1. The van der Waals surface area contributed by atoms with Crippen LogP contribution in [-0.2, 0) is 30.3 Å². The quantitative estimate of drug-likeness (QED) is 0.138. The van der Waals surface area contributed by atoms with Crippen LogP contribution in [0.25, 0.3) is 0 Å². The predicted molar refractivity (Wildman–Crippen MR) is 155 cm³/mol. The van der Waals surface area contributed by atoms with E-state index in [4.69, 9.17) is 4.74 Å². The number of amides is 3. The van der Waals surface area contributed by atoms with Crippen LogP contribution >= 0.6 is 21.6 Å². The first kappa shape index (κ1) is 32.6. The van der Waals surface area contributed by atoms with E-state index in [1.165, 1.54) is 20.2 Å². The van der Waals surface area contributed by atoms with E-state index < -0.39 is 47.2 Å². The van der Waals surface area contributed by atoms with Crippen LogP contribution < -0.4 is 10.6 Å². The van der Waals surface area contributed by atoms with E-state index in [0.717, 1.165) is 32.1 Å². The summed E-state index contributed by atoms with van der Waals surface area (Å²) in [6.45, 7) is 3.28. The number of nitrogens with zero attached hydrogens (tertiary/aromatic N) is 2. The average Bonchev–Trinajstić information content (AvgIpc) is 2.94. The van der Waals surface area contributed by atoms with Crippen LogP contribution in [0.5, 0.6) is 0 Å². The summed E-state index contributed by atoms with van der Waals surface area (Å²) in [5.74, 6) is -2.42. The fraction of sp³-hybridized carbons (Fsp3) is 0.407. The van der Waals surface area contributed by atoms with Crippen LogP contribution in [0.4, 0.5) is 5.69 Å². The molecule has 0 bridgehead atoms. The number of nitro groups is 1. The molecule has 0 saturated heterocycles. The largest absolute Gasteiger partial charge is 0.468 e. The molecule has 0 aliphatic heterocycles. The number of nitrogens with one attached hydrogen (secondary N) is 2. The van der Waals surface area contributed by atoms with Gasteiger partial charge in [0.1, 0.15) is 18.6 Å². The molecule has 2 N–H and O–H groups in total. The molecule has 0 radical (unpaired) electrons. The summed E-state index contributed by atoms with van der Waals surface area (Å²) in [4.78, 5) is 64.2. The van der Waals surface area contributed by atoms with Crippen molar-refractivity contribution in [2.75, 3.05) is 26.5 Å². The van der Waals surface area contributed by atoms with Crippen molar-refractivity contribution in [1.29, 1.82) is 0 Å². The standard InChI is InChI=1S/C27H34N4O7S2/c1-18(2)14-22(27(35)29-20(26(34)28-3)15-19-10-6-5-7-11-19)30(16-25(33)38-4)24(32)17-39-40-23-13-9-8-12-21(23)31(36)37/h5-13,18,20,22H,14-17H2,1-4H3,(H,28,34)(H,29,35)/t20-,22-/m0/s1. The van der Waals surface area contributed by atoms with Crippen LogP contribution in [0.1, 0.15) is 25.8 Å². The number of rotatable bonds is 15. The lowest BCUT2D eigenvalue weighted by atomic mass is 9.99. The van der Waals surface area contributed by atoms with Gasteiger partial charge in [0, 0.05) is 19.5 Å². The minimum atomic E-state index is -1.06. The highest BCUT2D eigenvalue weighted by Crippen LogP contribution is 2.37. The fourth-order valence-electron chi connectivity index (χ4n) is 3.80. The maximum atomic E-state index is 13.6. The second-order valence-corrected chi connectivity index (χ2v) is 11.5. The van der Waals surface area contributed by atoms with Crippen LogP contribution in [0, 0.1) is 16.0 Å². The second-order valence-electron chi connectivity index (χ2n) is 9.18. The topological polar surface area (TPSA) is 148 Å². The summed E-state index contributed by atoms with van der Waals surface area (Å²) in [5.41, 5.74) is 0.748. The SMILES string of the molecule is CNC(=O)[C@H](Cc1ccccc1)NC(=O)[C@H](CC(C)C)N(CC(=O)OC)C(=O)CSSc1ccccc1[N+](=O)[O-]. The average molecular weight is 591 g/mol. The van der Waals surface area contributed by atoms with Crippen molar-refractivity contribution in [1.82, 2.24) is 15.5 Å². The third kappa shape index (κ3) is 10.2. The van der Waals surface area contributed by atoms with Crippen molar-refractivity contribution in [2.24, 2.45) is 5.92 Å². The molecule has 13 heteroatoms. The number of para-hydroxylation sites is 1. The van der Waals surface area contributed by atoms with Crippen LogP contribution in [0.15, 0.2) is 59.5 Å². The molecule has 2 aromatic rings. The van der Waals surface area contributed by atoms with Gasteiger partial charge in [-0.05, 0) is 34.8 Å². The van der Waals surface area contributed by atoms with Gasteiger partial charge in [-0.3, -0.25) is 29.3 Å². The van der Waals surface area contributed by atoms with E-state index in [-0.39, 0.29) is 30.2 Å². The highest BCUT2D eigenvalue weighted by atomic mass is 33.1. The molecule has 2 aromatic carbocycles. The highest BCUT2D eigenvalue weighted by Gasteiger charge is 2.34. The van der Waals surface area contributed by atoms with Crippen molar-refractivity contribution in [3.05, 3.63) is 70.3 Å². The number of ether oxygens (including phenoxy) is 1. The van der Waals surface area contributed by atoms with Crippen molar-refractivity contribution >= 4 is 51.0 Å². The van der Waals surface area contributed by atoms with Gasteiger partial charge in [-0.1, -0.05) is 67.1 Å². The summed E-state index contributed by atoms with van der Waals surface area (Å²) in [5, 5.41) is 16.6. The van der Waals surface area contributed by atoms with E-state index in [2.05, 4.69) is 10.6 Å². The van der Waals surface area contributed by atoms with Gasteiger partial charge in [0.2, 0.25) is 17.7 Å². The minimum absolute atomic E-state index is 0.0368. The third-order valence-electron chi connectivity index (χ3n) is 5.78. The summed E-state index contributed by atoms with van der Waals surface area (Å²) in [7, 11) is 4.76. The molecular weight excluding hydrogens is 556 g/mol. The zero-order chi connectivity index (χ0) is 29.7. The van der Waals surface area contributed by atoms with E-state index in [0.29, 0.717) is 4.90 Å². The number of likely N-dealkylation sites (N-methyl/N-ethyl adjacent to an activating group) is 1. The highest BCUT2D eigenvalue weighted by molar-refractivity contribution is 8.76. The Bertz CT molecular complexity index is 1180. The van der Waals surface area contributed by atoms with Gasteiger partial charge < -0.3 is 20.3 Å². The Morgan fingerprint density at radius 1 is 1.02 bits per heavy atom. The van der Waals surface area contributed by atoms with Crippen molar-refractivity contribution in [3.8, 4) is 0 Å². The lowest BCUT2D eigenvalue weighted by Gasteiger charge is -2.32. The predicted octanol–water partition coefficient (Wildman–Crippen LogP) is 3.22. The summed E-state index contributed by atoms with van der Waals surface area (Å²) in [6.07, 6.45) is 0.455. The van der Waals surface area contributed by atoms with Gasteiger partial charge in [0.25, 0.3) is 5.69 Å². The Morgan fingerprint density at radius 3 is 2.27 bits per heavy atom. The van der Waals surface area contributed by atoms with Gasteiger partial charge in [0.05, 0.1) is 22.7 Å². The van der Waals surface area contributed by atoms with Crippen molar-refractivity contribution in [3.63, 3.8) is 0 Å². The molecule has 40 heavy (non-hydrogen) atoms. The van der Waals surface area contributed by atoms with Crippen molar-refractivity contribution < 1.29 is 28.8 Å². The van der Waals surface area contributed by atoms with Gasteiger partial charge >= 0.3 is 5.97 Å². The Balaban J connectivity index is 2.26. The van der Waals surface area contributed by atoms with E-state index in [1.54, 1.807) is 18.2 Å². The summed E-state index contributed by atoms with van der Waals surface area (Å²) < 4.78 is 4.78. The van der Waals surface area contributed by atoms with Gasteiger partial charge in [0.15, 0.2) is 0 Å². The molecule has 0 saturated carbocycles. The Labute approximate surface area is 241 Å². The van der Waals surface area contributed by atoms with E-state index >= 15 is 0 Å². The molecule has 0 heterocycles. The first-order chi connectivity index (χ1) is 19.1. The number of carbonyl (C=O) groups excluding carboxylic acids is 4. The number of methoxy groups -OCH3 is 1. The Morgan fingerprint density at radius 2 is 1.68 bits per heavy atom. The molecule has 0 aromatic heterocycles. The zero-order valence-corrected chi connectivity index (χ0v) is 24.5. The lowest BCUT2D eigenvalue weighted by molar-refractivity contribution is -0.387. The molecule has 0 fully saturated rings. The Kier molecular flexibility index (Phi) is 13.5. The first-order valence-corrected chi connectivity index (χ1v) is 14.8. The maximum Gasteiger partial charge on any atom is 0.325 e. The van der Waals surface area contributed by atoms with Crippen molar-refractivity contribution in [2.45, 2.75) is 43.7 Å². The molecule has 3 amide bonds. The molecule has 0 unspecified atom stereocenters. The maximum absolute atomic E-state index is 13.6. The first-order valence-electron chi connectivity index (χ1n) is 12.5. The van der Waals surface area contributed by atoms with Crippen LogP contribution in [-0.4, -0.2) is 72.1 Å². The normalized spacial score (nSPS) is 12.2. The zero-order valence-electron chi connectivity index (χ0n) is 22.8.